The monoisotopic (exact) mass is 421 g/mol. The Morgan fingerprint density at radius 2 is 1.87 bits per heavy atom. The van der Waals surface area contributed by atoms with E-state index in [0.717, 1.165) is 57.1 Å². The zero-order valence-electron chi connectivity index (χ0n) is 18.9. The molecule has 0 N–H and O–H groups in total. The molecular formula is C26H35N3O2. The molecule has 5 nitrogen and oxygen atoms in total. The van der Waals surface area contributed by atoms with Crippen molar-refractivity contribution in [3.8, 4) is 5.75 Å². The molecule has 1 aromatic carbocycles. The topological polar surface area (TPSA) is 45.7 Å². The second-order valence-electron chi connectivity index (χ2n) is 9.69. The Bertz CT molecular complexity index is 860. The minimum atomic E-state index is 0.239. The second-order valence-corrected chi connectivity index (χ2v) is 9.69. The Balaban J connectivity index is 1.29. The van der Waals surface area contributed by atoms with Crippen molar-refractivity contribution in [2.45, 2.75) is 46.1 Å². The maximum absolute atomic E-state index is 12.8. The number of amides is 1. The van der Waals surface area contributed by atoms with Crippen molar-refractivity contribution in [2.75, 3.05) is 32.8 Å². The van der Waals surface area contributed by atoms with Gasteiger partial charge in [0.1, 0.15) is 5.75 Å². The predicted octanol–water partition coefficient (Wildman–Crippen LogP) is 4.17. The largest absolute Gasteiger partial charge is 0.493 e. The molecule has 2 fully saturated rings. The van der Waals surface area contributed by atoms with Gasteiger partial charge in [-0.3, -0.25) is 14.7 Å². The standard InChI is InChI=1S/C26H35N3O2/c1-21(2)19-31-24-8-4-3-7-23(24)18-28-13-9-26(10-14-28)11-15-29(20-26)25(30)16-22-6-5-12-27-17-22/h3-8,12,17,21H,9-11,13-16,18-20H2,1-2H3. The molecular weight excluding hydrogens is 386 g/mol. The zero-order chi connectivity index (χ0) is 21.7. The normalized spacial score (nSPS) is 18.6. The van der Waals surface area contributed by atoms with Crippen molar-refractivity contribution in [2.24, 2.45) is 11.3 Å². The van der Waals surface area contributed by atoms with Crippen molar-refractivity contribution < 1.29 is 9.53 Å². The highest BCUT2D eigenvalue weighted by molar-refractivity contribution is 5.79. The first-order valence-electron chi connectivity index (χ1n) is 11.6. The highest BCUT2D eigenvalue weighted by Gasteiger charge is 2.41. The van der Waals surface area contributed by atoms with E-state index in [0.29, 0.717) is 17.8 Å². The van der Waals surface area contributed by atoms with Crippen molar-refractivity contribution >= 4 is 5.91 Å². The van der Waals surface area contributed by atoms with E-state index in [4.69, 9.17) is 4.74 Å². The van der Waals surface area contributed by atoms with Gasteiger partial charge in [-0.25, -0.2) is 0 Å². The van der Waals surface area contributed by atoms with Gasteiger partial charge in [-0.15, -0.1) is 0 Å². The van der Waals surface area contributed by atoms with E-state index >= 15 is 0 Å². The number of pyridine rings is 1. The first-order chi connectivity index (χ1) is 15.0. The lowest BCUT2D eigenvalue weighted by Crippen LogP contribution is -2.42. The van der Waals surface area contributed by atoms with Crippen LogP contribution in [0.25, 0.3) is 0 Å². The molecule has 0 aliphatic carbocycles. The number of rotatable bonds is 7. The van der Waals surface area contributed by atoms with Gasteiger partial charge in [-0.1, -0.05) is 38.1 Å². The molecule has 4 rings (SSSR count). The summed E-state index contributed by atoms with van der Waals surface area (Å²) in [6.45, 7) is 10.0. The van der Waals surface area contributed by atoms with Gasteiger partial charge in [0.25, 0.3) is 0 Å². The minimum Gasteiger partial charge on any atom is -0.493 e. The fourth-order valence-corrected chi connectivity index (χ4v) is 4.80. The summed E-state index contributed by atoms with van der Waals surface area (Å²) in [5, 5.41) is 0. The number of hydrogen-bond donors (Lipinski definition) is 0. The van der Waals surface area contributed by atoms with Crippen LogP contribution in [0.4, 0.5) is 0 Å². The molecule has 2 aliphatic rings. The van der Waals surface area contributed by atoms with Gasteiger partial charge >= 0.3 is 0 Å². The number of benzene rings is 1. The lowest BCUT2D eigenvalue weighted by Gasteiger charge is -2.39. The van der Waals surface area contributed by atoms with Crippen LogP contribution in [0.15, 0.2) is 48.8 Å². The van der Waals surface area contributed by atoms with E-state index < -0.39 is 0 Å². The molecule has 2 aromatic rings. The number of carbonyl (C=O) groups is 1. The number of carbonyl (C=O) groups excluding carboxylic acids is 1. The van der Waals surface area contributed by atoms with Gasteiger partial charge in [0.15, 0.2) is 0 Å². The maximum atomic E-state index is 12.8. The molecule has 3 heterocycles. The number of para-hydroxylation sites is 1. The fourth-order valence-electron chi connectivity index (χ4n) is 4.80. The number of aromatic nitrogens is 1. The molecule has 0 radical (unpaired) electrons. The second kappa shape index (κ2) is 9.82. The molecule has 2 aliphatic heterocycles. The van der Waals surface area contributed by atoms with Crippen molar-refractivity contribution in [3.63, 3.8) is 0 Å². The third-order valence-corrected chi connectivity index (χ3v) is 6.72. The van der Waals surface area contributed by atoms with Crippen molar-refractivity contribution in [3.05, 3.63) is 59.9 Å². The van der Waals surface area contributed by atoms with E-state index in [1.165, 1.54) is 18.4 Å². The first-order valence-corrected chi connectivity index (χ1v) is 11.6. The van der Waals surface area contributed by atoms with E-state index in [1.54, 1.807) is 12.4 Å². The smallest absolute Gasteiger partial charge is 0.227 e. The average Bonchev–Trinajstić information content (AvgIpc) is 3.19. The summed E-state index contributed by atoms with van der Waals surface area (Å²) in [7, 11) is 0. The Morgan fingerprint density at radius 1 is 1.10 bits per heavy atom. The van der Waals surface area contributed by atoms with Crippen LogP contribution >= 0.6 is 0 Å². The lowest BCUT2D eigenvalue weighted by atomic mass is 9.77. The summed E-state index contributed by atoms with van der Waals surface area (Å²) in [4.78, 5) is 21.5. The van der Waals surface area contributed by atoms with Gasteiger partial charge in [0.2, 0.25) is 5.91 Å². The Kier molecular flexibility index (Phi) is 6.91. The number of likely N-dealkylation sites (tertiary alicyclic amines) is 2. The Morgan fingerprint density at radius 3 is 2.61 bits per heavy atom. The molecule has 0 saturated carbocycles. The summed E-state index contributed by atoms with van der Waals surface area (Å²) in [5.41, 5.74) is 2.58. The number of piperidine rings is 1. The van der Waals surface area contributed by atoms with Crippen LogP contribution in [0.3, 0.4) is 0 Å². The molecule has 1 aromatic heterocycles. The lowest BCUT2D eigenvalue weighted by molar-refractivity contribution is -0.130. The molecule has 31 heavy (non-hydrogen) atoms. The highest BCUT2D eigenvalue weighted by atomic mass is 16.5. The highest BCUT2D eigenvalue weighted by Crippen LogP contribution is 2.41. The summed E-state index contributed by atoms with van der Waals surface area (Å²) in [6, 6.07) is 12.3. The first kappa shape index (κ1) is 21.8. The Hall–Kier alpha value is -2.40. The quantitative estimate of drug-likeness (QED) is 0.673. The third-order valence-electron chi connectivity index (χ3n) is 6.72. The zero-order valence-corrected chi connectivity index (χ0v) is 18.9. The maximum Gasteiger partial charge on any atom is 0.227 e. The van der Waals surface area contributed by atoms with Crippen LogP contribution in [0.5, 0.6) is 5.75 Å². The van der Waals surface area contributed by atoms with Crippen molar-refractivity contribution in [1.82, 2.24) is 14.8 Å². The number of ether oxygens (including phenoxy) is 1. The van der Waals surface area contributed by atoms with Crippen LogP contribution in [-0.2, 0) is 17.8 Å². The summed E-state index contributed by atoms with van der Waals surface area (Å²) < 4.78 is 6.05. The molecule has 0 bridgehead atoms. The molecule has 0 unspecified atom stereocenters. The molecule has 1 amide bonds. The number of hydrogen-bond acceptors (Lipinski definition) is 4. The average molecular weight is 422 g/mol. The summed E-state index contributed by atoms with van der Waals surface area (Å²) in [5.74, 6) is 1.78. The molecule has 1 spiro atoms. The van der Waals surface area contributed by atoms with E-state index in [2.05, 4.69) is 52.9 Å². The Labute approximate surface area is 186 Å². The minimum absolute atomic E-state index is 0.239. The molecule has 166 valence electrons. The van der Waals surface area contributed by atoms with E-state index in [-0.39, 0.29) is 5.91 Å². The SMILES string of the molecule is CC(C)COc1ccccc1CN1CCC2(CC1)CCN(C(=O)Cc1cccnc1)C2. The summed E-state index contributed by atoms with van der Waals surface area (Å²) >= 11 is 0. The van der Waals surface area contributed by atoms with E-state index in [9.17, 15) is 4.79 Å². The molecule has 5 heteroatoms. The van der Waals surface area contributed by atoms with Gasteiger partial charge in [-0.2, -0.15) is 0 Å². The number of nitrogens with zero attached hydrogens (tertiary/aromatic N) is 3. The van der Waals surface area contributed by atoms with Crippen molar-refractivity contribution in [1.29, 1.82) is 0 Å². The molecule has 2 saturated heterocycles. The van der Waals surface area contributed by atoms with Gasteiger partial charge in [0, 0.05) is 37.6 Å². The third kappa shape index (κ3) is 5.65. The van der Waals surface area contributed by atoms with Crippen LogP contribution in [0, 0.1) is 11.3 Å². The van der Waals surface area contributed by atoms with Gasteiger partial charge < -0.3 is 9.64 Å². The van der Waals surface area contributed by atoms with Crippen LogP contribution in [0.2, 0.25) is 0 Å². The summed E-state index contributed by atoms with van der Waals surface area (Å²) in [6.07, 6.45) is 7.47. The molecule has 0 atom stereocenters. The van der Waals surface area contributed by atoms with Gasteiger partial charge in [-0.05, 0) is 61.4 Å². The fraction of sp³-hybridized carbons (Fsp3) is 0.538. The van der Waals surface area contributed by atoms with Gasteiger partial charge in [0.05, 0.1) is 13.0 Å². The van der Waals surface area contributed by atoms with Crippen LogP contribution in [0.1, 0.15) is 44.2 Å². The van der Waals surface area contributed by atoms with Crippen LogP contribution in [-0.4, -0.2) is 53.5 Å². The predicted molar refractivity (Wildman–Crippen MR) is 123 cm³/mol. The van der Waals surface area contributed by atoms with E-state index in [1.807, 2.05) is 12.1 Å². The van der Waals surface area contributed by atoms with Crippen LogP contribution < -0.4 is 4.74 Å².